The molecule has 4 N–H and O–H groups in total. The fourth-order valence-electron chi connectivity index (χ4n) is 4.40. The second-order valence-corrected chi connectivity index (χ2v) is 11.6. The molecule has 0 saturated heterocycles. The molecule has 0 aliphatic rings. The van der Waals surface area contributed by atoms with Gasteiger partial charge in [-0.1, -0.05) is 64.2 Å². The number of carboxylic acid groups (broad SMARTS) is 1. The Labute approximate surface area is 241 Å². The lowest BCUT2D eigenvalue weighted by molar-refractivity contribution is -0.139. The summed E-state index contributed by atoms with van der Waals surface area (Å²) in [7, 11) is 1.86. The maximum atomic E-state index is 13.6. The highest BCUT2D eigenvalue weighted by molar-refractivity contribution is 5.81. The first-order chi connectivity index (χ1) is 19.3. The molecule has 2 heterocycles. The smallest absolute Gasteiger partial charge is 0.305 e. The third kappa shape index (κ3) is 10.2. The minimum atomic E-state index is -1.15. The van der Waals surface area contributed by atoms with E-state index in [1.165, 1.54) is 4.57 Å². The Hall–Kier alpha value is -3.32. The minimum absolute atomic E-state index is 0.0397. The SMILES string of the molecule is CCCCCCN(C)C[C@@H](O)[C@H](CC(=O)O)NC(=O)[C@H](CC)n1cc(C(C)(C)C)nc(NCc2nonc2C)c1=O. The van der Waals surface area contributed by atoms with Gasteiger partial charge in [-0.15, -0.1) is 0 Å². The van der Waals surface area contributed by atoms with E-state index in [1.807, 2.05) is 32.7 Å². The molecular weight excluding hydrogens is 530 g/mol. The van der Waals surface area contributed by atoms with Gasteiger partial charge in [0.2, 0.25) is 5.91 Å². The maximum Gasteiger partial charge on any atom is 0.305 e. The summed E-state index contributed by atoms with van der Waals surface area (Å²) in [5, 5.41) is 33.7. The summed E-state index contributed by atoms with van der Waals surface area (Å²) >= 11 is 0. The molecule has 0 fully saturated rings. The molecule has 1 amide bonds. The van der Waals surface area contributed by atoms with Crippen molar-refractivity contribution in [1.29, 1.82) is 0 Å². The van der Waals surface area contributed by atoms with Crippen molar-refractivity contribution in [3.63, 3.8) is 0 Å². The van der Waals surface area contributed by atoms with Crippen molar-refractivity contribution in [2.45, 2.75) is 110 Å². The summed E-state index contributed by atoms with van der Waals surface area (Å²) in [6, 6.07) is -2.00. The number of aromatic nitrogens is 4. The van der Waals surface area contributed by atoms with E-state index in [0.29, 0.717) is 17.1 Å². The van der Waals surface area contributed by atoms with Gasteiger partial charge in [-0.3, -0.25) is 19.0 Å². The van der Waals surface area contributed by atoms with Crippen molar-refractivity contribution in [1.82, 2.24) is 30.1 Å². The number of carbonyl (C=O) groups excluding carboxylic acids is 1. The van der Waals surface area contributed by atoms with Gasteiger partial charge in [0.15, 0.2) is 5.82 Å². The quantitative estimate of drug-likeness (QED) is 0.203. The molecule has 0 saturated carbocycles. The highest BCUT2D eigenvalue weighted by atomic mass is 16.6. The van der Waals surface area contributed by atoms with E-state index in [4.69, 9.17) is 4.63 Å². The lowest BCUT2D eigenvalue weighted by atomic mass is 9.92. The number of carbonyl (C=O) groups is 2. The van der Waals surface area contributed by atoms with Gasteiger partial charge in [0.05, 0.1) is 30.8 Å². The maximum absolute atomic E-state index is 13.6. The molecule has 2 aromatic heterocycles. The third-order valence-corrected chi connectivity index (χ3v) is 6.97. The van der Waals surface area contributed by atoms with Crippen molar-refractivity contribution in [2.24, 2.45) is 0 Å². The topological polar surface area (TPSA) is 176 Å². The van der Waals surface area contributed by atoms with Crippen LogP contribution in [-0.2, 0) is 21.5 Å². The fraction of sp³-hybridized carbons (Fsp3) is 0.714. The van der Waals surface area contributed by atoms with E-state index in [-0.39, 0.29) is 25.3 Å². The first-order valence-corrected chi connectivity index (χ1v) is 14.3. The van der Waals surface area contributed by atoms with E-state index in [1.54, 1.807) is 20.0 Å². The Kier molecular flexibility index (Phi) is 12.9. The fourth-order valence-corrected chi connectivity index (χ4v) is 4.40. The van der Waals surface area contributed by atoms with Crippen LogP contribution in [0.4, 0.5) is 5.82 Å². The second-order valence-electron chi connectivity index (χ2n) is 11.6. The van der Waals surface area contributed by atoms with Crippen LogP contribution in [0.15, 0.2) is 15.6 Å². The van der Waals surface area contributed by atoms with Gasteiger partial charge in [0, 0.05) is 18.2 Å². The zero-order chi connectivity index (χ0) is 30.7. The van der Waals surface area contributed by atoms with E-state index in [9.17, 15) is 24.6 Å². The Morgan fingerprint density at radius 3 is 2.44 bits per heavy atom. The van der Waals surface area contributed by atoms with E-state index < -0.39 is 47.5 Å². The Morgan fingerprint density at radius 1 is 1.17 bits per heavy atom. The number of aliphatic hydroxyl groups excluding tert-OH is 1. The van der Waals surface area contributed by atoms with Crippen molar-refractivity contribution in [3.8, 4) is 0 Å². The molecule has 2 rings (SSSR count). The van der Waals surface area contributed by atoms with E-state index in [0.717, 1.165) is 32.2 Å². The number of hydrogen-bond donors (Lipinski definition) is 4. The molecule has 0 unspecified atom stereocenters. The van der Waals surface area contributed by atoms with Crippen LogP contribution in [-0.4, -0.2) is 79.1 Å². The summed E-state index contributed by atoms with van der Waals surface area (Å²) in [5.41, 5.74) is 0.703. The molecule has 0 aliphatic carbocycles. The predicted octanol–water partition coefficient (Wildman–Crippen LogP) is 2.63. The monoisotopic (exact) mass is 577 g/mol. The number of amides is 1. The van der Waals surface area contributed by atoms with Gasteiger partial charge in [-0.2, -0.15) is 0 Å². The highest BCUT2D eigenvalue weighted by Crippen LogP contribution is 2.22. The predicted molar refractivity (Wildman–Crippen MR) is 155 cm³/mol. The van der Waals surface area contributed by atoms with Crippen LogP contribution in [0.1, 0.15) is 96.3 Å². The molecule has 13 heteroatoms. The molecule has 0 radical (unpaired) electrons. The number of nitrogens with zero attached hydrogens (tertiary/aromatic N) is 5. The van der Waals surface area contributed by atoms with Crippen LogP contribution in [0.25, 0.3) is 0 Å². The Balaban J connectivity index is 2.30. The van der Waals surface area contributed by atoms with E-state index >= 15 is 0 Å². The molecule has 2 aromatic rings. The molecule has 0 bridgehead atoms. The standard InChI is InChI=1S/C28H47N7O6/c1-8-10-11-12-13-34(7)16-22(36)19(14-24(37)38)30-26(39)21(9-2)35-17-23(28(4,5)6)31-25(27(35)40)29-15-20-18(3)32-41-33-20/h17,19,21-22,36H,8-16H2,1-7H3,(H,29,31)(H,30,39)(H,37,38)/t19-,21-,22+/m0/s1. The number of aliphatic hydroxyl groups is 1. The van der Waals surface area contributed by atoms with Crippen LogP contribution in [0, 0.1) is 6.92 Å². The average molecular weight is 578 g/mol. The van der Waals surface area contributed by atoms with Gasteiger partial charge in [-0.25, -0.2) is 9.61 Å². The molecule has 41 heavy (non-hydrogen) atoms. The first-order valence-electron chi connectivity index (χ1n) is 14.3. The van der Waals surface area contributed by atoms with Crippen LogP contribution in [0.2, 0.25) is 0 Å². The zero-order valence-corrected chi connectivity index (χ0v) is 25.4. The largest absolute Gasteiger partial charge is 0.481 e. The molecule has 230 valence electrons. The summed E-state index contributed by atoms with van der Waals surface area (Å²) in [6.07, 6.45) is 4.54. The van der Waals surface area contributed by atoms with Gasteiger partial charge in [0.1, 0.15) is 17.4 Å². The molecule has 3 atom stereocenters. The van der Waals surface area contributed by atoms with Gasteiger partial charge in [-0.05, 0) is 33.4 Å². The number of anilines is 1. The summed E-state index contributed by atoms with van der Waals surface area (Å²) in [4.78, 5) is 45.2. The van der Waals surface area contributed by atoms with Gasteiger partial charge < -0.3 is 25.7 Å². The number of unbranched alkanes of at least 4 members (excludes halogenated alkanes) is 3. The van der Waals surface area contributed by atoms with Crippen molar-refractivity contribution >= 4 is 17.7 Å². The molecule has 0 spiro atoms. The Bertz CT molecular complexity index is 1190. The van der Waals surface area contributed by atoms with Crippen molar-refractivity contribution < 1.29 is 24.4 Å². The number of carboxylic acids is 1. The average Bonchev–Trinajstić information content (AvgIpc) is 3.30. The Morgan fingerprint density at radius 2 is 1.88 bits per heavy atom. The van der Waals surface area contributed by atoms with Crippen LogP contribution >= 0.6 is 0 Å². The second kappa shape index (κ2) is 15.6. The number of aliphatic carboxylic acids is 1. The van der Waals surface area contributed by atoms with Crippen LogP contribution < -0.4 is 16.2 Å². The molecule has 0 aromatic carbocycles. The molecule has 13 nitrogen and oxygen atoms in total. The molecule has 0 aliphatic heterocycles. The lowest BCUT2D eigenvalue weighted by Crippen LogP contribution is -2.51. The van der Waals surface area contributed by atoms with Gasteiger partial charge in [0.25, 0.3) is 5.56 Å². The van der Waals surface area contributed by atoms with Crippen molar-refractivity contribution in [3.05, 3.63) is 33.6 Å². The normalized spacial score (nSPS) is 14.1. The van der Waals surface area contributed by atoms with Crippen molar-refractivity contribution in [2.75, 3.05) is 25.5 Å². The number of hydrogen-bond acceptors (Lipinski definition) is 10. The number of nitrogens with one attached hydrogen (secondary N) is 2. The van der Waals surface area contributed by atoms with Gasteiger partial charge >= 0.3 is 5.97 Å². The summed E-state index contributed by atoms with van der Waals surface area (Å²) in [6.45, 7) is 12.6. The molecular formula is C28H47N7O6. The minimum Gasteiger partial charge on any atom is -0.481 e. The highest BCUT2D eigenvalue weighted by Gasteiger charge is 2.30. The lowest BCUT2D eigenvalue weighted by Gasteiger charge is -2.29. The number of likely N-dealkylation sites (N-methyl/N-ethyl adjacent to an activating group) is 1. The van der Waals surface area contributed by atoms with Crippen LogP contribution in [0.3, 0.4) is 0 Å². The number of aryl methyl sites for hydroxylation is 1. The van der Waals surface area contributed by atoms with Crippen LogP contribution in [0.5, 0.6) is 0 Å². The summed E-state index contributed by atoms with van der Waals surface area (Å²) < 4.78 is 6.05. The first kappa shape index (κ1) is 33.9. The zero-order valence-electron chi connectivity index (χ0n) is 25.4. The van der Waals surface area contributed by atoms with E-state index in [2.05, 4.69) is 32.9 Å². The third-order valence-electron chi connectivity index (χ3n) is 6.97. The number of rotatable bonds is 17. The summed E-state index contributed by atoms with van der Waals surface area (Å²) in [5.74, 6) is -1.66.